The predicted molar refractivity (Wildman–Crippen MR) is 98.7 cm³/mol. The quantitative estimate of drug-likeness (QED) is 0.549. The normalized spacial score (nSPS) is 11.4. The third-order valence-electron chi connectivity index (χ3n) is 4.26. The molecule has 0 bridgehead atoms. The smallest absolute Gasteiger partial charge is 0.416 e. The maximum absolute atomic E-state index is 12.9. The largest absolute Gasteiger partial charge is 0.508 e. The second-order valence-corrected chi connectivity index (χ2v) is 6.25. The standard InChI is InChI=1S/C21H18F3NO2/c1-13-5-4-6-14(20(13)18-7-2-3-8-19(18)27)12-25-16-9-15(21(22,23)24)10-17(26)11-16/h2-11,25-27H,12H2,1H3. The van der Waals surface area contributed by atoms with Crippen molar-refractivity contribution in [3.63, 3.8) is 0 Å². The Hall–Kier alpha value is -3.15. The van der Waals surface area contributed by atoms with Crippen LogP contribution in [0.1, 0.15) is 16.7 Å². The molecule has 3 aromatic carbocycles. The van der Waals surface area contributed by atoms with Gasteiger partial charge in [-0.1, -0.05) is 36.4 Å². The molecule has 0 amide bonds. The van der Waals surface area contributed by atoms with E-state index in [2.05, 4.69) is 5.32 Å². The highest BCUT2D eigenvalue weighted by atomic mass is 19.4. The van der Waals surface area contributed by atoms with Gasteiger partial charge >= 0.3 is 6.18 Å². The number of aromatic hydroxyl groups is 2. The molecular formula is C21H18F3NO2. The first-order valence-corrected chi connectivity index (χ1v) is 8.27. The molecule has 0 saturated heterocycles. The van der Waals surface area contributed by atoms with Crippen molar-refractivity contribution in [3.05, 3.63) is 77.4 Å². The highest BCUT2D eigenvalue weighted by Gasteiger charge is 2.31. The molecule has 140 valence electrons. The van der Waals surface area contributed by atoms with Gasteiger partial charge < -0.3 is 15.5 Å². The highest BCUT2D eigenvalue weighted by molar-refractivity contribution is 5.76. The number of benzene rings is 3. The van der Waals surface area contributed by atoms with Gasteiger partial charge in [0.25, 0.3) is 0 Å². The minimum absolute atomic E-state index is 0.129. The monoisotopic (exact) mass is 373 g/mol. The zero-order chi connectivity index (χ0) is 19.6. The van der Waals surface area contributed by atoms with Crippen molar-refractivity contribution in [2.45, 2.75) is 19.6 Å². The SMILES string of the molecule is Cc1cccc(CNc2cc(O)cc(C(F)(F)F)c2)c1-c1ccccc1O. The Bertz CT molecular complexity index is 968. The Balaban J connectivity index is 1.94. The number of hydrogen-bond donors (Lipinski definition) is 3. The number of rotatable bonds is 4. The van der Waals surface area contributed by atoms with E-state index in [-0.39, 0.29) is 18.0 Å². The molecule has 6 heteroatoms. The average Bonchev–Trinajstić information content (AvgIpc) is 2.60. The summed E-state index contributed by atoms with van der Waals surface area (Å²) in [5.41, 5.74) is 2.46. The molecule has 0 fully saturated rings. The molecule has 0 aromatic heterocycles. The Morgan fingerprint density at radius 2 is 1.67 bits per heavy atom. The first-order chi connectivity index (χ1) is 12.8. The van der Waals surface area contributed by atoms with Crippen molar-refractivity contribution in [2.75, 3.05) is 5.32 Å². The summed E-state index contributed by atoms with van der Waals surface area (Å²) in [6.07, 6.45) is -4.54. The van der Waals surface area contributed by atoms with E-state index in [0.717, 1.165) is 22.8 Å². The van der Waals surface area contributed by atoms with Crippen molar-refractivity contribution in [2.24, 2.45) is 0 Å². The van der Waals surface area contributed by atoms with E-state index in [0.29, 0.717) is 11.6 Å². The van der Waals surface area contributed by atoms with Crippen LogP contribution in [0.5, 0.6) is 11.5 Å². The Morgan fingerprint density at radius 1 is 0.926 bits per heavy atom. The third kappa shape index (κ3) is 4.16. The zero-order valence-corrected chi connectivity index (χ0v) is 14.5. The molecule has 0 spiro atoms. The molecule has 0 aliphatic rings. The average molecular weight is 373 g/mol. The van der Waals surface area contributed by atoms with Gasteiger partial charge in [0.2, 0.25) is 0 Å². The number of halogens is 3. The van der Waals surface area contributed by atoms with Crippen LogP contribution in [0.15, 0.2) is 60.7 Å². The number of phenolic OH excluding ortho intramolecular Hbond substituents is 2. The fourth-order valence-corrected chi connectivity index (χ4v) is 3.02. The van der Waals surface area contributed by atoms with Gasteiger partial charge in [0.1, 0.15) is 11.5 Å². The lowest BCUT2D eigenvalue weighted by molar-refractivity contribution is -0.137. The second-order valence-electron chi connectivity index (χ2n) is 6.25. The van der Waals surface area contributed by atoms with Crippen LogP contribution in [0.2, 0.25) is 0 Å². The topological polar surface area (TPSA) is 52.5 Å². The molecular weight excluding hydrogens is 355 g/mol. The van der Waals surface area contributed by atoms with Gasteiger partial charge in [0, 0.05) is 23.9 Å². The van der Waals surface area contributed by atoms with Gasteiger partial charge in [-0.3, -0.25) is 0 Å². The van der Waals surface area contributed by atoms with Crippen LogP contribution in [-0.2, 0) is 12.7 Å². The van der Waals surface area contributed by atoms with Crippen molar-refractivity contribution in [3.8, 4) is 22.6 Å². The molecule has 0 aliphatic carbocycles. The van der Waals surface area contributed by atoms with E-state index in [1.165, 1.54) is 6.07 Å². The molecule has 3 N–H and O–H groups in total. The molecule has 3 nitrogen and oxygen atoms in total. The minimum atomic E-state index is -4.54. The van der Waals surface area contributed by atoms with Gasteiger partial charge in [-0.2, -0.15) is 13.2 Å². The Kier molecular flexibility index (Phi) is 4.99. The number of aryl methyl sites for hydroxylation is 1. The van der Waals surface area contributed by atoms with E-state index in [1.807, 2.05) is 31.2 Å². The van der Waals surface area contributed by atoms with Gasteiger partial charge in [0.05, 0.1) is 5.56 Å². The molecule has 0 aliphatic heterocycles. The summed E-state index contributed by atoms with van der Waals surface area (Å²) >= 11 is 0. The first-order valence-electron chi connectivity index (χ1n) is 8.27. The van der Waals surface area contributed by atoms with Crippen molar-refractivity contribution >= 4 is 5.69 Å². The predicted octanol–water partition coefficient (Wildman–Crippen LogP) is 5.70. The lowest BCUT2D eigenvalue weighted by Gasteiger charge is -2.16. The number of hydrogen-bond acceptors (Lipinski definition) is 3. The number of anilines is 1. The van der Waals surface area contributed by atoms with Gasteiger partial charge in [0.15, 0.2) is 0 Å². The molecule has 0 atom stereocenters. The summed E-state index contributed by atoms with van der Waals surface area (Å²) in [5.74, 6) is -0.331. The molecule has 27 heavy (non-hydrogen) atoms. The first kappa shape index (κ1) is 18.6. The molecule has 0 heterocycles. The zero-order valence-electron chi connectivity index (χ0n) is 14.5. The lowest BCUT2D eigenvalue weighted by atomic mass is 9.94. The van der Waals surface area contributed by atoms with Crippen LogP contribution in [0.25, 0.3) is 11.1 Å². The highest BCUT2D eigenvalue weighted by Crippen LogP contribution is 2.36. The van der Waals surface area contributed by atoms with Gasteiger partial charge in [-0.25, -0.2) is 0 Å². The minimum Gasteiger partial charge on any atom is -0.508 e. The summed E-state index contributed by atoms with van der Waals surface area (Å²) in [6.45, 7) is 2.13. The maximum Gasteiger partial charge on any atom is 0.416 e. The number of nitrogens with one attached hydrogen (secondary N) is 1. The molecule has 0 radical (unpaired) electrons. The van der Waals surface area contributed by atoms with Crippen molar-refractivity contribution in [1.82, 2.24) is 0 Å². The van der Waals surface area contributed by atoms with Gasteiger partial charge in [-0.05, 0) is 41.8 Å². The van der Waals surface area contributed by atoms with Crippen LogP contribution >= 0.6 is 0 Å². The molecule has 3 rings (SSSR count). The van der Waals surface area contributed by atoms with E-state index >= 15 is 0 Å². The Labute approximate surface area is 154 Å². The van der Waals surface area contributed by atoms with Crippen LogP contribution in [0.4, 0.5) is 18.9 Å². The summed E-state index contributed by atoms with van der Waals surface area (Å²) in [7, 11) is 0. The number of phenols is 2. The summed E-state index contributed by atoms with van der Waals surface area (Å²) in [6, 6.07) is 15.4. The Morgan fingerprint density at radius 3 is 2.37 bits per heavy atom. The molecule has 0 saturated carbocycles. The van der Waals surface area contributed by atoms with Gasteiger partial charge in [-0.15, -0.1) is 0 Å². The lowest BCUT2D eigenvalue weighted by Crippen LogP contribution is -2.07. The third-order valence-corrected chi connectivity index (χ3v) is 4.26. The molecule has 0 unspecified atom stereocenters. The van der Waals surface area contributed by atoms with Crippen LogP contribution in [0.3, 0.4) is 0 Å². The van der Waals surface area contributed by atoms with E-state index < -0.39 is 17.5 Å². The second kappa shape index (κ2) is 7.23. The van der Waals surface area contributed by atoms with Crippen molar-refractivity contribution < 1.29 is 23.4 Å². The van der Waals surface area contributed by atoms with E-state index in [4.69, 9.17) is 0 Å². The van der Waals surface area contributed by atoms with E-state index in [9.17, 15) is 23.4 Å². The fraction of sp³-hybridized carbons (Fsp3) is 0.143. The van der Waals surface area contributed by atoms with E-state index in [1.54, 1.807) is 18.2 Å². The number of alkyl halides is 3. The van der Waals surface area contributed by atoms with Crippen LogP contribution in [0, 0.1) is 6.92 Å². The summed E-state index contributed by atoms with van der Waals surface area (Å²) in [5, 5.41) is 22.7. The summed E-state index contributed by atoms with van der Waals surface area (Å²) in [4.78, 5) is 0. The van der Waals surface area contributed by atoms with Crippen molar-refractivity contribution in [1.29, 1.82) is 0 Å². The van der Waals surface area contributed by atoms with Crippen LogP contribution in [-0.4, -0.2) is 10.2 Å². The maximum atomic E-state index is 12.9. The number of para-hydroxylation sites is 1. The summed E-state index contributed by atoms with van der Waals surface area (Å²) < 4.78 is 38.8. The van der Waals surface area contributed by atoms with Crippen LogP contribution < -0.4 is 5.32 Å². The fourth-order valence-electron chi connectivity index (χ4n) is 3.02. The molecule has 3 aromatic rings.